The third-order valence-corrected chi connectivity index (χ3v) is 13.2. The molecule has 10 N–H and O–H groups in total. The Morgan fingerprint density at radius 1 is 0.426 bits per heavy atom. The molecule has 68 heavy (non-hydrogen) atoms. The van der Waals surface area contributed by atoms with Crippen LogP contribution in [0.4, 0.5) is 0 Å². The molecule has 0 bridgehead atoms. The first kappa shape index (κ1) is 42.9. The molecule has 336 valence electrons. The van der Waals surface area contributed by atoms with Crippen LogP contribution in [0.25, 0.3) is 16.3 Å². The van der Waals surface area contributed by atoms with Gasteiger partial charge in [-0.1, -0.05) is 84.9 Å². The quantitative estimate of drug-likeness (QED) is 0.0465. The number of allylic oxidation sites excluding steroid dienone is 5. The SMILES string of the molecule is Oc1ccc(Cc2cc(C3(c4ccc5c(Cc6ccc(O)c(O)c6)c(O)c(Cc6ccc(O)c(O)c6)cc5c4)C4=C(C=C=CC=C4)c4ccccc43)cc(Cc3ccc(O)c(O)c3)c2O)cc1O. The van der Waals surface area contributed by atoms with Crippen molar-refractivity contribution in [2.24, 2.45) is 0 Å². The van der Waals surface area contributed by atoms with E-state index in [-0.39, 0.29) is 83.2 Å². The van der Waals surface area contributed by atoms with E-state index in [1.807, 2.05) is 60.7 Å². The second-order valence-electron chi connectivity index (χ2n) is 17.4. The summed E-state index contributed by atoms with van der Waals surface area (Å²) in [7, 11) is 0. The van der Waals surface area contributed by atoms with E-state index in [4.69, 9.17) is 0 Å². The largest absolute Gasteiger partial charge is 0.507 e. The molecule has 0 saturated heterocycles. The van der Waals surface area contributed by atoms with Gasteiger partial charge in [0.05, 0.1) is 5.41 Å². The second kappa shape index (κ2) is 16.8. The van der Waals surface area contributed by atoms with Gasteiger partial charge in [0.15, 0.2) is 46.0 Å². The van der Waals surface area contributed by atoms with Crippen LogP contribution in [0.15, 0.2) is 169 Å². The first-order chi connectivity index (χ1) is 32.8. The lowest BCUT2D eigenvalue weighted by Gasteiger charge is -2.36. The zero-order chi connectivity index (χ0) is 47.4. The zero-order valence-electron chi connectivity index (χ0n) is 36.3. The highest BCUT2D eigenvalue weighted by atomic mass is 16.3. The maximum Gasteiger partial charge on any atom is 0.157 e. The van der Waals surface area contributed by atoms with E-state index in [1.54, 1.807) is 24.3 Å². The van der Waals surface area contributed by atoms with Gasteiger partial charge in [-0.15, -0.1) is 5.73 Å². The summed E-state index contributed by atoms with van der Waals surface area (Å²) in [5, 5.41) is 108. The third kappa shape index (κ3) is 7.45. The molecule has 10 nitrogen and oxygen atoms in total. The van der Waals surface area contributed by atoms with Crippen molar-refractivity contribution in [2.45, 2.75) is 31.1 Å². The maximum absolute atomic E-state index is 12.2. The number of hydrogen-bond acceptors (Lipinski definition) is 10. The van der Waals surface area contributed by atoms with Gasteiger partial charge >= 0.3 is 0 Å². The van der Waals surface area contributed by atoms with Crippen LogP contribution in [-0.4, -0.2) is 51.1 Å². The first-order valence-corrected chi connectivity index (χ1v) is 21.9. The second-order valence-corrected chi connectivity index (χ2v) is 17.4. The van der Waals surface area contributed by atoms with Crippen LogP contribution in [0.5, 0.6) is 57.5 Å². The van der Waals surface area contributed by atoms with E-state index in [0.29, 0.717) is 44.5 Å². The van der Waals surface area contributed by atoms with Crippen LogP contribution in [0.3, 0.4) is 0 Å². The standard InChI is InChI=1S/C58H44O10/c59-48-16-10-32(24-52(48)63)20-37-28-36-29-40(14-15-42(36)45(57(37)68)23-35-13-19-51(62)55(66)27-35)58(46-8-3-1-2-6-43(46)44-7-4-5-9-47(44)58)41-30-38(21-33-11-17-49(60)53(64)25-33)56(67)39(31-41)22-34-12-18-50(61)54(65)26-34/h1,3-19,24-31,59-68H,20-23H2. The van der Waals surface area contributed by atoms with Crippen molar-refractivity contribution < 1.29 is 51.1 Å². The fraction of sp³-hybridized carbons (Fsp3) is 0.0862. The normalized spacial score (nSPS) is 14.9. The molecular weight excluding hydrogens is 857 g/mol. The summed E-state index contributed by atoms with van der Waals surface area (Å²) < 4.78 is 0. The van der Waals surface area contributed by atoms with Crippen molar-refractivity contribution in [3.05, 3.63) is 236 Å². The molecule has 0 spiro atoms. The average molecular weight is 901 g/mol. The van der Waals surface area contributed by atoms with Crippen LogP contribution < -0.4 is 0 Å². The Bertz CT molecular complexity index is 3450. The predicted molar refractivity (Wildman–Crippen MR) is 259 cm³/mol. The molecule has 0 saturated carbocycles. The van der Waals surface area contributed by atoms with Crippen molar-refractivity contribution in [3.63, 3.8) is 0 Å². The van der Waals surface area contributed by atoms with E-state index in [2.05, 4.69) is 30.0 Å². The summed E-state index contributed by atoms with van der Waals surface area (Å²) in [6, 6.07) is 38.2. The van der Waals surface area contributed by atoms with E-state index >= 15 is 0 Å². The molecule has 0 fully saturated rings. The number of fused-ring (bicyclic) bond motifs is 3. The Hall–Kier alpha value is -8.98. The minimum atomic E-state index is -1.08. The highest BCUT2D eigenvalue weighted by molar-refractivity contribution is 5.95. The Morgan fingerprint density at radius 3 is 1.46 bits per heavy atom. The summed E-state index contributed by atoms with van der Waals surface area (Å²) in [6.45, 7) is 0. The zero-order valence-corrected chi connectivity index (χ0v) is 36.3. The summed E-state index contributed by atoms with van der Waals surface area (Å²) in [5.74, 6) is -2.31. The summed E-state index contributed by atoms with van der Waals surface area (Å²) in [4.78, 5) is 0. The lowest BCUT2D eigenvalue weighted by molar-refractivity contribution is 0.403. The maximum atomic E-state index is 12.2. The fourth-order valence-corrected chi connectivity index (χ4v) is 9.93. The number of phenols is 10. The number of benzene rings is 8. The van der Waals surface area contributed by atoms with Crippen LogP contribution in [0, 0.1) is 0 Å². The van der Waals surface area contributed by atoms with Gasteiger partial charge in [-0.3, -0.25) is 0 Å². The number of phenolic OH excluding ortho intramolecular Hbond substituents is 10. The van der Waals surface area contributed by atoms with Crippen LogP contribution in [0.2, 0.25) is 0 Å². The average Bonchev–Trinajstić information content (AvgIpc) is 3.41. The van der Waals surface area contributed by atoms with Gasteiger partial charge < -0.3 is 51.1 Å². The van der Waals surface area contributed by atoms with Gasteiger partial charge in [0, 0.05) is 31.2 Å². The molecule has 1 atom stereocenters. The lowest BCUT2D eigenvalue weighted by Crippen LogP contribution is -2.30. The van der Waals surface area contributed by atoms with Gasteiger partial charge in [-0.2, -0.15) is 0 Å². The Labute approximate surface area is 390 Å². The molecule has 10 rings (SSSR count). The van der Waals surface area contributed by atoms with Crippen LogP contribution in [0.1, 0.15) is 66.8 Å². The molecular formula is C58H44O10. The third-order valence-electron chi connectivity index (χ3n) is 13.2. The number of hydrogen-bond donors (Lipinski definition) is 10. The predicted octanol–water partition coefficient (Wildman–Crippen LogP) is 10.6. The van der Waals surface area contributed by atoms with Crippen molar-refractivity contribution in [1.82, 2.24) is 0 Å². The van der Waals surface area contributed by atoms with Crippen molar-refractivity contribution in [2.75, 3.05) is 0 Å². The molecule has 1 unspecified atom stereocenters. The molecule has 0 radical (unpaired) electrons. The Kier molecular flexibility index (Phi) is 10.6. The van der Waals surface area contributed by atoms with E-state index in [1.165, 1.54) is 48.5 Å². The Morgan fingerprint density at radius 2 is 0.926 bits per heavy atom. The van der Waals surface area contributed by atoms with Gasteiger partial charge in [0.25, 0.3) is 0 Å². The molecule has 8 aromatic carbocycles. The minimum absolute atomic E-state index is 0.00701. The number of aromatic hydroxyl groups is 10. The molecule has 2 aliphatic rings. The molecule has 0 amide bonds. The van der Waals surface area contributed by atoms with Gasteiger partial charge in [0.2, 0.25) is 0 Å². The summed E-state index contributed by atoms with van der Waals surface area (Å²) in [6.07, 6.45) is 8.49. The van der Waals surface area contributed by atoms with Crippen molar-refractivity contribution >= 4 is 16.3 Å². The van der Waals surface area contributed by atoms with Gasteiger partial charge in [-0.05, 0) is 156 Å². The van der Waals surface area contributed by atoms with Crippen LogP contribution in [-0.2, 0) is 31.1 Å². The van der Waals surface area contributed by atoms with E-state index < -0.39 is 5.41 Å². The monoisotopic (exact) mass is 900 g/mol. The fourth-order valence-electron chi connectivity index (χ4n) is 9.93. The van der Waals surface area contributed by atoms with Crippen molar-refractivity contribution in [1.29, 1.82) is 0 Å². The highest BCUT2D eigenvalue weighted by Crippen LogP contribution is 2.57. The Balaban J connectivity index is 1.25. The van der Waals surface area contributed by atoms with E-state index in [0.717, 1.165) is 44.2 Å². The number of rotatable bonds is 10. The molecule has 10 heteroatoms. The minimum Gasteiger partial charge on any atom is -0.507 e. The van der Waals surface area contributed by atoms with Crippen molar-refractivity contribution in [3.8, 4) is 57.5 Å². The molecule has 0 heterocycles. The summed E-state index contributed by atoms with van der Waals surface area (Å²) >= 11 is 0. The van der Waals surface area contributed by atoms with E-state index in [9.17, 15) is 51.1 Å². The molecule has 8 aromatic rings. The highest BCUT2D eigenvalue weighted by Gasteiger charge is 2.47. The van der Waals surface area contributed by atoms with Gasteiger partial charge in [0.1, 0.15) is 11.5 Å². The molecule has 2 aliphatic carbocycles. The topological polar surface area (TPSA) is 202 Å². The molecule has 0 aromatic heterocycles. The molecule has 0 aliphatic heterocycles. The van der Waals surface area contributed by atoms with Crippen LogP contribution >= 0.6 is 0 Å². The lowest BCUT2D eigenvalue weighted by atomic mass is 9.65. The smallest absolute Gasteiger partial charge is 0.157 e. The first-order valence-electron chi connectivity index (χ1n) is 21.9. The summed E-state index contributed by atoms with van der Waals surface area (Å²) in [5.41, 5.74) is 12.2. The van der Waals surface area contributed by atoms with Gasteiger partial charge in [-0.25, -0.2) is 0 Å².